The molecular formula is C19H23BO5. The highest BCUT2D eigenvalue weighted by atomic mass is 16.7. The van der Waals surface area contributed by atoms with Crippen LogP contribution in [0.5, 0.6) is 0 Å². The standard InChI is InChI=1S/C19H23BO5/c1-17(2)18(3,4)25-20(24-17)12-6-7-15-13(10-12)14(11-23-15)19(8-9-19)16(21)22-5/h6-7,10-11H,8-9H2,1-5H3. The van der Waals surface area contributed by atoms with Crippen molar-refractivity contribution in [2.75, 3.05) is 7.11 Å². The van der Waals surface area contributed by atoms with Gasteiger partial charge in [0.25, 0.3) is 0 Å². The third kappa shape index (κ3) is 2.35. The van der Waals surface area contributed by atoms with E-state index in [0.29, 0.717) is 0 Å². The van der Waals surface area contributed by atoms with Crippen molar-refractivity contribution in [1.82, 2.24) is 0 Å². The van der Waals surface area contributed by atoms with Crippen LogP contribution < -0.4 is 5.46 Å². The third-order valence-corrected chi connectivity index (χ3v) is 5.96. The monoisotopic (exact) mass is 342 g/mol. The third-order valence-electron chi connectivity index (χ3n) is 5.96. The van der Waals surface area contributed by atoms with E-state index in [0.717, 1.165) is 34.8 Å². The molecule has 25 heavy (non-hydrogen) atoms. The number of benzene rings is 1. The van der Waals surface area contributed by atoms with Crippen LogP contribution in [0.3, 0.4) is 0 Å². The zero-order valence-corrected chi connectivity index (χ0v) is 15.3. The largest absolute Gasteiger partial charge is 0.494 e. The molecule has 2 fully saturated rings. The number of hydrogen-bond acceptors (Lipinski definition) is 5. The van der Waals surface area contributed by atoms with E-state index < -0.39 is 23.7 Å². The second-order valence-electron chi connectivity index (χ2n) is 8.07. The van der Waals surface area contributed by atoms with Crippen LogP contribution in [0.2, 0.25) is 0 Å². The van der Waals surface area contributed by atoms with Crippen LogP contribution in [0.1, 0.15) is 46.1 Å². The average molecular weight is 342 g/mol. The fraction of sp³-hybridized carbons (Fsp3) is 0.526. The first-order valence-corrected chi connectivity index (χ1v) is 8.66. The molecule has 1 aromatic carbocycles. The van der Waals surface area contributed by atoms with E-state index in [2.05, 4.69) is 0 Å². The molecule has 1 aliphatic heterocycles. The smallest absolute Gasteiger partial charge is 0.468 e. The molecule has 132 valence electrons. The second-order valence-corrected chi connectivity index (χ2v) is 8.07. The lowest BCUT2D eigenvalue weighted by atomic mass is 9.78. The normalized spacial score (nSPS) is 23.0. The van der Waals surface area contributed by atoms with Crippen molar-refractivity contribution in [3.05, 3.63) is 30.0 Å². The maximum Gasteiger partial charge on any atom is 0.494 e. The molecule has 4 rings (SSSR count). The number of carbonyl (C=O) groups is 1. The Balaban J connectivity index is 1.74. The molecule has 1 saturated carbocycles. The molecule has 0 radical (unpaired) electrons. The van der Waals surface area contributed by atoms with Gasteiger partial charge in [-0.2, -0.15) is 0 Å². The summed E-state index contributed by atoms with van der Waals surface area (Å²) in [5.41, 5.74) is 1.23. The van der Waals surface area contributed by atoms with Crippen LogP contribution >= 0.6 is 0 Å². The van der Waals surface area contributed by atoms with E-state index >= 15 is 0 Å². The summed E-state index contributed by atoms with van der Waals surface area (Å²) >= 11 is 0. The van der Waals surface area contributed by atoms with E-state index in [1.807, 2.05) is 45.9 Å². The Kier molecular flexibility index (Phi) is 3.41. The van der Waals surface area contributed by atoms with Gasteiger partial charge in [-0.3, -0.25) is 4.79 Å². The lowest BCUT2D eigenvalue weighted by molar-refractivity contribution is -0.143. The molecule has 2 aliphatic rings. The van der Waals surface area contributed by atoms with Crippen LogP contribution in [0.4, 0.5) is 0 Å². The minimum Gasteiger partial charge on any atom is -0.468 e. The molecule has 0 amide bonds. The van der Waals surface area contributed by atoms with Gasteiger partial charge in [-0.05, 0) is 52.1 Å². The van der Waals surface area contributed by atoms with Crippen LogP contribution in [0, 0.1) is 0 Å². The van der Waals surface area contributed by atoms with E-state index in [1.54, 1.807) is 6.26 Å². The zero-order valence-electron chi connectivity index (χ0n) is 15.3. The van der Waals surface area contributed by atoms with Crippen LogP contribution in [-0.2, 0) is 24.3 Å². The molecule has 1 aromatic heterocycles. The average Bonchev–Trinajstić information content (AvgIpc) is 3.19. The fourth-order valence-electron chi connectivity index (χ4n) is 3.45. The van der Waals surface area contributed by atoms with Gasteiger partial charge in [0.1, 0.15) is 5.58 Å². The van der Waals surface area contributed by atoms with Gasteiger partial charge in [-0.25, -0.2) is 0 Å². The minimum atomic E-state index is -0.561. The van der Waals surface area contributed by atoms with Gasteiger partial charge in [-0.1, -0.05) is 12.1 Å². The highest BCUT2D eigenvalue weighted by molar-refractivity contribution is 6.62. The molecule has 6 heteroatoms. The zero-order chi connectivity index (χ0) is 18.0. The SMILES string of the molecule is COC(=O)C1(c2coc3ccc(B4OC(C)(C)C(C)(C)O4)cc23)CC1. The van der Waals surface area contributed by atoms with Crippen molar-refractivity contribution in [2.24, 2.45) is 0 Å². The van der Waals surface area contributed by atoms with E-state index in [-0.39, 0.29) is 5.97 Å². The maximum atomic E-state index is 12.2. The first-order valence-electron chi connectivity index (χ1n) is 8.66. The van der Waals surface area contributed by atoms with Crippen molar-refractivity contribution in [2.45, 2.75) is 57.2 Å². The van der Waals surface area contributed by atoms with Gasteiger partial charge in [0.05, 0.1) is 30.0 Å². The van der Waals surface area contributed by atoms with E-state index in [4.69, 9.17) is 18.5 Å². The summed E-state index contributed by atoms with van der Waals surface area (Å²) in [4.78, 5) is 12.2. The Morgan fingerprint density at radius 3 is 2.32 bits per heavy atom. The first-order chi connectivity index (χ1) is 11.7. The highest BCUT2D eigenvalue weighted by Gasteiger charge is 2.55. The maximum absolute atomic E-state index is 12.2. The number of rotatable bonds is 3. The molecule has 0 spiro atoms. The summed E-state index contributed by atoms with van der Waals surface area (Å²) in [6, 6.07) is 5.88. The molecule has 0 N–H and O–H groups in total. The van der Waals surface area contributed by atoms with E-state index in [9.17, 15) is 4.79 Å². The Morgan fingerprint density at radius 1 is 1.12 bits per heavy atom. The lowest BCUT2D eigenvalue weighted by Crippen LogP contribution is -2.41. The number of esters is 1. The molecule has 0 unspecified atom stereocenters. The number of furan rings is 1. The number of hydrogen-bond donors (Lipinski definition) is 0. The van der Waals surface area contributed by atoms with Crippen LogP contribution in [-0.4, -0.2) is 31.4 Å². The number of methoxy groups -OCH3 is 1. The molecule has 2 heterocycles. The highest BCUT2D eigenvalue weighted by Crippen LogP contribution is 2.51. The Labute approximate surface area is 147 Å². The lowest BCUT2D eigenvalue weighted by Gasteiger charge is -2.32. The Morgan fingerprint density at radius 2 is 1.76 bits per heavy atom. The molecule has 0 bridgehead atoms. The van der Waals surface area contributed by atoms with Crippen LogP contribution in [0.15, 0.2) is 28.9 Å². The number of carbonyl (C=O) groups excluding carboxylic acids is 1. The Hall–Kier alpha value is -1.79. The number of ether oxygens (including phenoxy) is 1. The minimum absolute atomic E-state index is 0.198. The van der Waals surface area contributed by atoms with Gasteiger partial charge in [0.15, 0.2) is 0 Å². The molecule has 2 aromatic rings. The summed E-state index contributed by atoms with van der Waals surface area (Å²) in [5.74, 6) is -0.198. The van der Waals surface area contributed by atoms with Gasteiger partial charge < -0.3 is 18.5 Å². The molecular weight excluding hydrogens is 319 g/mol. The van der Waals surface area contributed by atoms with Crippen molar-refractivity contribution in [3.63, 3.8) is 0 Å². The molecule has 1 saturated heterocycles. The van der Waals surface area contributed by atoms with Gasteiger partial charge in [0, 0.05) is 10.9 Å². The summed E-state index contributed by atoms with van der Waals surface area (Å²) < 4.78 is 23.0. The summed E-state index contributed by atoms with van der Waals surface area (Å²) in [5, 5.41) is 0.926. The van der Waals surface area contributed by atoms with Gasteiger partial charge >= 0.3 is 13.1 Å². The topological polar surface area (TPSA) is 57.9 Å². The molecule has 0 atom stereocenters. The summed E-state index contributed by atoms with van der Waals surface area (Å²) in [7, 11) is 0.992. The second kappa shape index (κ2) is 5.11. The number of fused-ring (bicyclic) bond motifs is 1. The summed E-state index contributed by atoms with van der Waals surface area (Å²) in [6.07, 6.45) is 3.26. The summed E-state index contributed by atoms with van der Waals surface area (Å²) in [6.45, 7) is 8.13. The van der Waals surface area contributed by atoms with Crippen LogP contribution in [0.25, 0.3) is 11.0 Å². The van der Waals surface area contributed by atoms with Crippen molar-refractivity contribution in [3.8, 4) is 0 Å². The van der Waals surface area contributed by atoms with Crippen molar-refractivity contribution < 1.29 is 23.3 Å². The molecule has 1 aliphatic carbocycles. The Bertz CT molecular complexity index is 831. The van der Waals surface area contributed by atoms with E-state index in [1.165, 1.54) is 7.11 Å². The van der Waals surface area contributed by atoms with Gasteiger partial charge in [-0.15, -0.1) is 0 Å². The molecule has 5 nitrogen and oxygen atoms in total. The predicted octanol–water partition coefficient (Wildman–Crippen LogP) is 2.94. The fourth-order valence-corrected chi connectivity index (χ4v) is 3.45. The van der Waals surface area contributed by atoms with Crippen molar-refractivity contribution in [1.29, 1.82) is 0 Å². The first kappa shape index (κ1) is 16.7. The van der Waals surface area contributed by atoms with Gasteiger partial charge in [0.2, 0.25) is 0 Å². The quantitative estimate of drug-likeness (QED) is 0.634. The predicted molar refractivity (Wildman–Crippen MR) is 94.9 cm³/mol. The van der Waals surface area contributed by atoms with Crippen molar-refractivity contribution >= 4 is 29.5 Å².